The average Bonchev–Trinajstić information content (AvgIpc) is 1.70. The Labute approximate surface area is 63.3 Å². The van der Waals surface area contributed by atoms with Crippen LogP contribution in [0.1, 0.15) is 0 Å². The number of hydrogen-bond donors (Lipinski definition) is 0. The van der Waals surface area contributed by atoms with Gasteiger partial charge in [-0.3, -0.25) is 0 Å². The molecule has 0 aliphatic carbocycles. The Morgan fingerprint density at radius 2 is 1.00 bits per heavy atom. The Bertz CT molecular complexity index is 77.1. The fourth-order valence-electron chi connectivity index (χ4n) is 0. The normalized spacial score (nSPS) is 3.56. The summed E-state index contributed by atoms with van der Waals surface area (Å²) in [7, 11) is 0. The first kappa shape index (κ1) is 15.8. The van der Waals surface area contributed by atoms with Crippen molar-refractivity contribution in [3.63, 3.8) is 0 Å². The van der Waals surface area contributed by atoms with E-state index >= 15 is 0 Å². The predicted molar refractivity (Wildman–Crippen MR) is 19.7 cm³/mol. The van der Waals surface area contributed by atoms with Crippen LogP contribution in [0.3, 0.4) is 0 Å². The molecule has 0 N–H and O–H groups in total. The van der Waals surface area contributed by atoms with E-state index in [4.69, 9.17) is 24.7 Å². The van der Waals surface area contributed by atoms with Gasteiger partial charge in [0, 0.05) is 0 Å². The van der Waals surface area contributed by atoms with Gasteiger partial charge in [0.1, 0.15) is 0 Å². The zero-order valence-electron chi connectivity index (χ0n) is 3.84. The summed E-state index contributed by atoms with van der Waals surface area (Å²) in [6, 6.07) is 0. The van der Waals surface area contributed by atoms with E-state index in [1.165, 1.54) is 0 Å². The fourth-order valence-corrected chi connectivity index (χ4v) is 0. The molecule has 0 radical (unpaired) electrons. The van der Waals surface area contributed by atoms with Crippen LogP contribution in [0.2, 0.25) is 0 Å². The fraction of sp³-hybridized carbons (Fsp3) is 0. The molecule has 0 spiro atoms. The van der Waals surface area contributed by atoms with Crippen molar-refractivity contribution >= 4 is 0 Å². The summed E-state index contributed by atoms with van der Waals surface area (Å²) in [6.45, 7) is 0. The van der Waals surface area contributed by atoms with Gasteiger partial charge in [-0.15, -0.1) is 10.7 Å². The van der Waals surface area contributed by atoms with Crippen molar-refractivity contribution in [1.82, 2.24) is 0 Å². The molecule has 0 aromatic rings. The molecule has 0 unspecified atom stereocenters. The molecule has 0 saturated heterocycles. The molecule has 52 valence electrons. The maximum atomic E-state index is 8.58. The SMILES string of the molecule is O=N[O-].O=N[O-].[O]=[U]=[O]. The van der Waals surface area contributed by atoms with E-state index in [0.717, 1.165) is 10.7 Å². The molecular weight excluding hydrogens is 362 g/mol. The number of nitrogens with zero attached hydrogens (tertiary/aromatic N) is 2. The van der Waals surface area contributed by atoms with E-state index in [2.05, 4.69) is 0 Å². The van der Waals surface area contributed by atoms with E-state index in [1.54, 1.807) is 0 Å². The first-order valence-corrected chi connectivity index (χ1v) is 4.54. The van der Waals surface area contributed by atoms with Crippen LogP contribution in [0.4, 0.5) is 0 Å². The minimum absolute atomic E-state index is 1.00. The molecule has 0 aliphatic rings. The monoisotopic (exact) mass is 362 g/mol. The molecule has 0 heterocycles. The van der Waals surface area contributed by atoms with E-state index in [0.29, 0.717) is 0 Å². The molecule has 0 bridgehead atoms. The van der Waals surface area contributed by atoms with E-state index in [-0.39, 0.29) is 0 Å². The summed E-state index contributed by atoms with van der Waals surface area (Å²) in [5.74, 6) is 0. The van der Waals surface area contributed by atoms with Crippen LogP contribution in [0.5, 0.6) is 0 Å². The van der Waals surface area contributed by atoms with Gasteiger partial charge in [0.2, 0.25) is 0 Å². The number of rotatable bonds is 0. The Balaban J connectivity index is -0.0000000600. The van der Waals surface area contributed by atoms with Crippen LogP contribution < -0.4 is 0 Å². The minimum atomic E-state index is -2.51. The third-order valence-corrected chi connectivity index (χ3v) is 0. The van der Waals surface area contributed by atoms with Gasteiger partial charge in [-0.25, -0.2) is 0 Å². The third kappa shape index (κ3) is 737. The van der Waals surface area contributed by atoms with Gasteiger partial charge in [-0.1, -0.05) is 0 Å². The zero-order chi connectivity index (χ0) is 8.12. The summed E-state index contributed by atoms with van der Waals surface area (Å²) in [4.78, 5) is 16.0. The standard InChI is InChI=1S/2HNO2.2O.U/c2*2-1-3;;;/h2*(H,2,3);;;/p-2. The first-order chi connectivity index (χ1) is 4.24. The van der Waals surface area contributed by atoms with Crippen LogP contribution in [0.15, 0.2) is 10.7 Å². The maximum absolute atomic E-state index is 8.58. The molecule has 0 atom stereocenters. The van der Waals surface area contributed by atoms with Crippen LogP contribution in [-0.4, -0.2) is 0 Å². The van der Waals surface area contributed by atoms with Gasteiger partial charge in [0.05, 0.1) is 0 Å². The van der Waals surface area contributed by atoms with E-state index < -0.39 is 27.8 Å². The van der Waals surface area contributed by atoms with Gasteiger partial charge in [0.15, 0.2) is 0 Å². The second-order valence-electron chi connectivity index (χ2n) is 0.232. The van der Waals surface area contributed by atoms with Crippen LogP contribution in [0.25, 0.3) is 0 Å². The summed E-state index contributed by atoms with van der Waals surface area (Å²) in [5, 5.41) is 18.0. The second-order valence-corrected chi connectivity index (χ2v) is 0.926. The molecule has 0 aliphatic heterocycles. The topological polar surface area (TPSA) is 139 Å². The van der Waals surface area contributed by atoms with Crippen molar-refractivity contribution in [3.8, 4) is 0 Å². The van der Waals surface area contributed by atoms with E-state index in [9.17, 15) is 0 Å². The molecule has 9 heteroatoms. The average molecular weight is 362 g/mol. The molecular formula is N2O6U-2. The van der Waals surface area contributed by atoms with Crippen LogP contribution >= 0.6 is 0 Å². The Kier molecular flexibility index (Phi) is 90.5. The third-order valence-electron chi connectivity index (χ3n) is 0. The molecule has 0 amide bonds. The molecule has 0 rings (SSSR count). The van der Waals surface area contributed by atoms with Gasteiger partial charge in [-0.05, 0) is 0 Å². The Morgan fingerprint density at radius 3 is 1.00 bits per heavy atom. The predicted octanol–water partition coefficient (Wildman–Crippen LogP) is 0.264. The van der Waals surface area contributed by atoms with E-state index in [1.807, 2.05) is 0 Å². The van der Waals surface area contributed by atoms with Crippen molar-refractivity contribution in [2.45, 2.75) is 0 Å². The van der Waals surface area contributed by atoms with Gasteiger partial charge < -0.3 is 20.2 Å². The van der Waals surface area contributed by atoms with Crippen molar-refractivity contribution in [1.29, 1.82) is 0 Å². The Morgan fingerprint density at radius 1 is 1.00 bits per heavy atom. The number of hydrogen-bond acceptors (Lipinski definition) is 8. The second kappa shape index (κ2) is 51.6. The molecule has 9 heavy (non-hydrogen) atoms. The summed E-state index contributed by atoms with van der Waals surface area (Å²) >= 11 is -2.51. The van der Waals surface area contributed by atoms with Gasteiger partial charge in [-0.2, -0.15) is 0 Å². The van der Waals surface area contributed by atoms with Crippen LogP contribution in [-0.2, 0) is 4.47 Å². The van der Waals surface area contributed by atoms with Gasteiger partial charge in [0.25, 0.3) is 0 Å². The van der Waals surface area contributed by atoms with Crippen molar-refractivity contribution in [2.24, 2.45) is 10.7 Å². The quantitative estimate of drug-likeness (QED) is 0.447. The van der Waals surface area contributed by atoms with Crippen molar-refractivity contribution in [2.75, 3.05) is 0 Å². The van der Waals surface area contributed by atoms with Crippen LogP contribution in [0, 0.1) is 48.0 Å². The first-order valence-electron chi connectivity index (χ1n) is 1.14. The molecule has 0 saturated carbocycles. The van der Waals surface area contributed by atoms with Crippen molar-refractivity contribution < 1.29 is 32.3 Å². The summed E-state index contributed by atoms with van der Waals surface area (Å²) in [6.07, 6.45) is 0. The summed E-state index contributed by atoms with van der Waals surface area (Å²) < 4.78 is 17.2. The summed E-state index contributed by atoms with van der Waals surface area (Å²) in [5.41, 5.74) is 0. The van der Waals surface area contributed by atoms with Crippen molar-refractivity contribution in [3.05, 3.63) is 20.2 Å². The Hall–Kier alpha value is -0.548. The molecule has 0 aromatic carbocycles. The van der Waals surface area contributed by atoms with Gasteiger partial charge >= 0.3 is 32.3 Å². The zero-order valence-corrected chi connectivity index (χ0v) is 8.01. The molecule has 0 fully saturated rings. The molecule has 8 nitrogen and oxygen atoms in total. The molecule has 0 aromatic heterocycles.